The third kappa shape index (κ3) is 4.49. The Kier molecular flexibility index (Phi) is 6.40. The van der Waals surface area contributed by atoms with Gasteiger partial charge in [0.05, 0.1) is 12.5 Å². The molecule has 0 amide bonds. The van der Waals surface area contributed by atoms with Crippen molar-refractivity contribution < 1.29 is 19.4 Å². The van der Waals surface area contributed by atoms with Crippen molar-refractivity contribution in [3.8, 4) is 12.3 Å². The highest BCUT2D eigenvalue weighted by atomic mass is 16.5. The van der Waals surface area contributed by atoms with Gasteiger partial charge in [0.1, 0.15) is 0 Å². The van der Waals surface area contributed by atoms with Gasteiger partial charge in [-0.15, -0.1) is 12.3 Å². The monoisotopic (exact) mass is 300 g/mol. The molecule has 0 saturated heterocycles. The Morgan fingerprint density at radius 1 is 1.45 bits per heavy atom. The molecule has 1 aromatic carbocycles. The van der Waals surface area contributed by atoms with Crippen LogP contribution >= 0.6 is 0 Å². The van der Waals surface area contributed by atoms with Crippen LogP contribution in [0.4, 0.5) is 0 Å². The zero-order valence-corrected chi connectivity index (χ0v) is 12.8. The van der Waals surface area contributed by atoms with Crippen LogP contribution in [0, 0.1) is 12.3 Å². The number of hydrogen-bond donors (Lipinski definition) is 1. The van der Waals surface area contributed by atoms with Crippen LogP contribution in [0.5, 0.6) is 0 Å². The molecule has 0 radical (unpaired) electrons. The zero-order chi connectivity index (χ0) is 16.6. The Morgan fingerprint density at radius 2 is 2.18 bits per heavy atom. The summed E-state index contributed by atoms with van der Waals surface area (Å²) in [7, 11) is 1.30. The number of methoxy groups -OCH3 is 1. The fraction of sp³-hybridized carbons (Fsp3) is 0.333. The third-order valence-electron chi connectivity index (χ3n) is 3.61. The van der Waals surface area contributed by atoms with Gasteiger partial charge in [0.15, 0.2) is 0 Å². The van der Waals surface area contributed by atoms with Gasteiger partial charge in [0, 0.05) is 12.5 Å². The average molecular weight is 300 g/mol. The zero-order valence-electron chi connectivity index (χ0n) is 12.8. The van der Waals surface area contributed by atoms with E-state index in [1.54, 1.807) is 37.3 Å². The van der Waals surface area contributed by atoms with Crippen LogP contribution in [0.3, 0.4) is 0 Å². The number of hydrogen-bond acceptors (Lipinski definition) is 3. The van der Waals surface area contributed by atoms with Crippen LogP contribution in [-0.4, -0.2) is 24.2 Å². The van der Waals surface area contributed by atoms with E-state index in [0.717, 1.165) is 5.56 Å². The molecule has 0 fully saturated rings. The van der Waals surface area contributed by atoms with Crippen molar-refractivity contribution in [1.82, 2.24) is 0 Å². The van der Waals surface area contributed by atoms with E-state index in [-0.39, 0.29) is 0 Å². The molecule has 0 aliphatic carbocycles. The molecule has 1 rings (SSSR count). The largest absolute Gasteiger partial charge is 0.481 e. The van der Waals surface area contributed by atoms with E-state index in [0.29, 0.717) is 24.8 Å². The Bertz CT molecular complexity index is 610. The maximum Gasteiger partial charge on any atom is 0.330 e. The van der Waals surface area contributed by atoms with Gasteiger partial charge in [-0.2, -0.15) is 0 Å². The number of unbranched alkanes of at least 4 members (excludes halogenated alkanes) is 1. The Hall–Kier alpha value is -2.54. The molecule has 1 unspecified atom stereocenters. The van der Waals surface area contributed by atoms with Crippen molar-refractivity contribution in [1.29, 1.82) is 0 Å². The minimum atomic E-state index is -1.01. The summed E-state index contributed by atoms with van der Waals surface area (Å²) >= 11 is 0. The minimum absolute atomic E-state index is 0.455. The lowest BCUT2D eigenvalue weighted by molar-refractivity contribution is -0.143. The number of carboxylic acids is 1. The predicted molar refractivity (Wildman–Crippen MR) is 85.2 cm³/mol. The number of aliphatic carboxylic acids is 1. The summed E-state index contributed by atoms with van der Waals surface area (Å²) in [6, 6.07) is 7.12. The van der Waals surface area contributed by atoms with Gasteiger partial charge in [-0.25, -0.2) is 4.79 Å². The number of carbonyl (C=O) groups is 2. The fourth-order valence-electron chi connectivity index (χ4n) is 2.14. The van der Waals surface area contributed by atoms with E-state index in [9.17, 15) is 14.7 Å². The summed E-state index contributed by atoms with van der Waals surface area (Å²) < 4.78 is 4.53. The second-order valence-corrected chi connectivity index (χ2v) is 5.18. The SMILES string of the molecule is C#CCCCC(C)(C(=O)O)c1cccc(/C=C/C(=O)OC)c1. The summed E-state index contributed by atoms with van der Waals surface area (Å²) in [5.41, 5.74) is 0.419. The molecule has 22 heavy (non-hydrogen) atoms. The summed E-state index contributed by atoms with van der Waals surface area (Å²) in [4.78, 5) is 22.8. The molecule has 1 atom stereocenters. The van der Waals surface area contributed by atoms with Crippen molar-refractivity contribution in [3.05, 3.63) is 41.5 Å². The van der Waals surface area contributed by atoms with Crippen molar-refractivity contribution in [3.63, 3.8) is 0 Å². The summed E-state index contributed by atoms with van der Waals surface area (Å²) in [6.07, 6.45) is 9.77. The van der Waals surface area contributed by atoms with Gasteiger partial charge in [0.2, 0.25) is 0 Å². The van der Waals surface area contributed by atoms with E-state index < -0.39 is 17.4 Å². The molecular weight excluding hydrogens is 280 g/mol. The first kappa shape index (κ1) is 17.5. The summed E-state index contributed by atoms with van der Waals surface area (Å²) in [5, 5.41) is 9.59. The summed E-state index contributed by atoms with van der Waals surface area (Å²) in [5.74, 6) is 1.18. The number of esters is 1. The van der Waals surface area contributed by atoms with E-state index in [4.69, 9.17) is 6.42 Å². The van der Waals surface area contributed by atoms with Crippen molar-refractivity contribution in [2.75, 3.05) is 7.11 Å². The molecule has 1 N–H and O–H groups in total. The standard InChI is InChI=1S/C18H20O4/c1-4-5-6-12-18(2,17(20)21)15-9-7-8-14(13-15)10-11-16(19)22-3/h1,7-11,13H,5-6,12H2,2-3H3,(H,20,21)/b11-10+. The van der Waals surface area contributed by atoms with Crippen LogP contribution < -0.4 is 0 Å². The molecule has 4 nitrogen and oxygen atoms in total. The second-order valence-electron chi connectivity index (χ2n) is 5.18. The normalized spacial score (nSPS) is 13.3. The van der Waals surface area contributed by atoms with Gasteiger partial charge in [-0.05, 0) is 37.0 Å². The highest BCUT2D eigenvalue weighted by Crippen LogP contribution is 2.31. The molecule has 0 saturated carbocycles. The third-order valence-corrected chi connectivity index (χ3v) is 3.61. The molecule has 0 bridgehead atoms. The first-order chi connectivity index (χ1) is 10.4. The first-order valence-electron chi connectivity index (χ1n) is 6.97. The topological polar surface area (TPSA) is 63.6 Å². The molecule has 0 aliphatic heterocycles. The number of rotatable bonds is 7. The Labute approximate surface area is 130 Å². The lowest BCUT2D eigenvalue weighted by Gasteiger charge is -2.25. The van der Waals surface area contributed by atoms with Gasteiger partial charge in [-0.1, -0.05) is 24.3 Å². The van der Waals surface area contributed by atoms with Crippen molar-refractivity contribution in [2.24, 2.45) is 0 Å². The van der Waals surface area contributed by atoms with Crippen LogP contribution in [0.25, 0.3) is 6.08 Å². The molecule has 1 aromatic rings. The number of carbonyl (C=O) groups excluding carboxylic acids is 1. The molecule has 4 heteroatoms. The molecule has 0 aromatic heterocycles. The van der Waals surface area contributed by atoms with Gasteiger partial charge in [-0.3, -0.25) is 4.79 Å². The Morgan fingerprint density at radius 3 is 2.77 bits per heavy atom. The molecule has 0 aliphatic rings. The lowest BCUT2D eigenvalue weighted by atomic mass is 9.77. The average Bonchev–Trinajstić information content (AvgIpc) is 2.52. The number of ether oxygens (including phenoxy) is 1. The number of carboxylic acid groups (broad SMARTS) is 1. The molecule has 0 spiro atoms. The van der Waals surface area contributed by atoms with Gasteiger partial charge in [0.25, 0.3) is 0 Å². The van der Waals surface area contributed by atoms with E-state index >= 15 is 0 Å². The van der Waals surface area contributed by atoms with Crippen LogP contribution in [-0.2, 0) is 19.7 Å². The van der Waals surface area contributed by atoms with E-state index in [1.165, 1.54) is 13.2 Å². The van der Waals surface area contributed by atoms with Gasteiger partial charge >= 0.3 is 11.9 Å². The fourth-order valence-corrected chi connectivity index (χ4v) is 2.14. The molecule has 0 heterocycles. The lowest BCUT2D eigenvalue weighted by Crippen LogP contribution is -2.32. The van der Waals surface area contributed by atoms with E-state index in [1.807, 2.05) is 0 Å². The highest BCUT2D eigenvalue weighted by molar-refractivity contribution is 5.87. The predicted octanol–water partition coefficient (Wildman–Crippen LogP) is 3.02. The summed E-state index contributed by atoms with van der Waals surface area (Å²) in [6.45, 7) is 1.69. The quantitative estimate of drug-likeness (QED) is 0.364. The maximum absolute atomic E-state index is 11.7. The van der Waals surface area contributed by atoms with Crippen LogP contribution in [0.1, 0.15) is 37.3 Å². The number of benzene rings is 1. The van der Waals surface area contributed by atoms with Crippen molar-refractivity contribution in [2.45, 2.75) is 31.6 Å². The first-order valence-corrected chi connectivity index (χ1v) is 6.97. The maximum atomic E-state index is 11.7. The second kappa shape index (κ2) is 8.04. The van der Waals surface area contributed by atoms with Gasteiger partial charge < -0.3 is 9.84 Å². The molecular formula is C18H20O4. The Balaban J connectivity index is 3.06. The van der Waals surface area contributed by atoms with Crippen LogP contribution in [0.2, 0.25) is 0 Å². The van der Waals surface area contributed by atoms with Crippen LogP contribution in [0.15, 0.2) is 30.3 Å². The molecule has 116 valence electrons. The van der Waals surface area contributed by atoms with Crippen molar-refractivity contribution >= 4 is 18.0 Å². The number of terminal acetylenes is 1. The minimum Gasteiger partial charge on any atom is -0.481 e. The highest BCUT2D eigenvalue weighted by Gasteiger charge is 2.34. The smallest absolute Gasteiger partial charge is 0.330 e. The van der Waals surface area contributed by atoms with E-state index in [2.05, 4.69) is 10.7 Å².